The van der Waals surface area contributed by atoms with Crippen LogP contribution in [0, 0.1) is 6.92 Å². The summed E-state index contributed by atoms with van der Waals surface area (Å²) in [4.78, 5) is 24.6. The molecule has 0 heterocycles. The molecule has 0 aromatic heterocycles. The Bertz CT molecular complexity index is 1030. The quantitative estimate of drug-likeness (QED) is 0.590. The summed E-state index contributed by atoms with van der Waals surface area (Å²) in [6, 6.07) is 11.4. The van der Waals surface area contributed by atoms with E-state index in [0.29, 0.717) is 29.1 Å². The van der Waals surface area contributed by atoms with E-state index in [0.717, 1.165) is 16.1 Å². The number of nitrogens with one attached hydrogen (secondary N) is 1. The first kappa shape index (κ1) is 24.2. The van der Waals surface area contributed by atoms with Gasteiger partial charge >= 0.3 is 5.97 Å². The van der Waals surface area contributed by atoms with Crippen LogP contribution in [-0.4, -0.2) is 46.3 Å². The summed E-state index contributed by atoms with van der Waals surface area (Å²) in [5, 5.41) is 2.83. The van der Waals surface area contributed by atoms with Gasteiger partial charge in [-0.05, 0) is 68.3 Å². The van der Waals surface area contributed by atoms with Crippen molar-refractivity contribution in [3.8, 4) is 5.75 Å². The smallest absolute Gasteiger partial charge is 0.338 e. The Labute approximate surface area is 183 Å². The van der Waals surface area contributed by atoms with Gasteiger partial charge in [0.05, 0.1) is 24.1 Å². The molecule has 0 aliphatic rings. The van der Waals surface area contributed by atoms with Crippen molar-refractivity contribution >= 4 is 33.3 Å². The summed E-state index contributed by atoms with van der Waals surface area (Å²) in [5.74, 6) is -0.294. The van der Waals surface area contributed by atoms with E-state index in [4.69, 9.17) is 9.47 Å². The van der Waals surface area contributed by atoms with Crippen molar-refractivity contribution in [1.29, 1.82) is 0 Å². The molecule has 0 radical (unpaired) electrons. The van der Waals surface area contributed by atoms with Gasteiger partial charge in [-0.1, -0.05) is 6.92 Å². The zero-order valence-electron chi connectivity index (χ0n) is 18.3. The highest BCUT2D eigenvalue weighted by molar-refractivity contribution is 7.92. The highest BCUT2D eigenvalue weighted by atomic mass is 32.2. The van der Waals surface area contributed by atoms with Gasteiger partial charge in [0, 0.05) is 12.7 Å². The number of nitrogens with zero attached hydrogens (tertiary/aromatic N) is 1. The van der Waals surface area contributed by atoms with Gasteiger partial charge in [0.15, 0.2) is 6.10 Å². The monoisotopic (exact) mass is 448 g/mol. The van der Waals surface area contributed by atoms with Crippen LogP contribution in [0.15, 0.2) is 42.5 Å². The number of sulfonamides is 1. The predicted molar refractivity (Wildman–Crippen MR) is 120 cm³/mol. The van der Waals surface area contributed by atoms with Crippen LogP contribution in [0.5, 0.6) is 5.75 Å². The second-order valence-corrected chi connectivity index (χ2v) is 8.99. The number of aryl methyl sites for hydroxylation is 1. The lowest BCUT2D eigenvalue weighted by Gasteiger charge is -2.20. The number of ether oxygens (including phenoxy) is 2. The summed E-state index contributed by atoms with van der Waals surface area (Å²) >= 11 is 0. The Morgan fingerprint density at radius 2 is 1.74 bits per heavy atom. The Kier molecular flexibility index (Phi) is 8.04. The molecule has 0 saturated carbocycles. The van der Waals surface area contributed by atoms with Gasteiger partial charge in [-0.2, -0.15) is 0 Å². The highest BCUT2D eigenvalue weighted by Gasteiger charge is 2.20. The van der Waals surface area contributed by atoms with Crippen LogP contribution >= 0.6 is 0 Å². The Balaban J connectivity index is 2.08. The van der Waals surface area contributed by atoms with Crippen molar-refractivity contribution < 1.29 is 27.5 Å². The van der Waals surface area contributed by atoms with E-state index in [1.54, 1.807) is 56.3 Å². The first-order valence-corrected chi connectivity index (χ1v) is 11.7. The number of hydrogen-bond acceptors (Lipinski definition) is 6. The van der Waals surface area contributed by atoms with Gasteiger partial charge < -0.3 is 14.8 Å². The molecule has 0 aliphatic carbocycles. The lowest BCUT2D eigenvalue weighted by molar-refractivity contribution is -0.122. The SMILES string of the molecule is CCOC(=O)c1ccc(NC(=O)[C@H](CC)Oc2ccc(N(C)S(C)(=O)=O)cc2)c(C)c1. The molecule has 8 nitrogen and oxygen atoms in total. The molecule has 0 saturated heterocycles. The molecular formula is C22H28N2O6S. The Morgan fingerprint density at radius 3 is 2.26 bits per heavy atom. The molecule has 9 heteroatoms. The van der Waals surface area contributed by atoms with Gasteiger partial charge in [0.2, 0.25) is 10.0 Å². The number of rotatable bonds is 9. The minimum Gasteiger partial charge on any atom is -0.481 e. The van der Waals surface area contributed by atoms with E-state index in [-0.39, 0.29) is 12.5 Å². The van der Waals surface area contributed by atoms with Gasteiger partial charge in [-0.3, -0.25) is 9.10 Å². The number of esters is 1. The van der Waals surface area contributed by atoms with E-state index in [1.165, 1.54) is 7.05 Å². The minimum atomic E-state index is -3.36. The average Bonchev–Trinajstić information content (AvgIpc) is 2.72. The molecule has 0 fully saturated rings. The molecule has 168 valence electrons. The molecule has 2 rings (SSSR count). The van der Waals surface area contributed by atoms with Crippen LogP contribution in [0.3, 0.4) is 0 Å². The lowest BCUT2D eigenvalue weighted by Crippen LogP contribution is -2.32. The standard InChI is InChI=1S/C22H28N2O6S/c1-6-20(30-18-11-9-17(10-12-18)24(4)31(5,27)28)21(25)23-19-13-8-16(14-15(19)3)22(26)29-7-2/h8-14,20H,6-7H2,1-5H3,(H,23,25)/t20-/m0/s1. The third kappa shape index (κ3) is 6.45. The summed E-state index contributed by atoms with van der Waals surface area (Å²) in [5.41, 5.74) is 2.21. The van der Waals surface area contributed by atoms with Crippen LogP contribution in [0.4, 0.5) is 11.4 Å². The molecule has 1 N–H and O–H groups in total. The minimum absolute atomic E-state index is 0.289. The molecule has 1 atom stereocenters. The van der Waals surface area contributed by atoms with Crippen LogP contribution < -0.4 is 14.4 Å². The zero-order chi connectivity index (χ0) is 23.2. The second kappa shape index (κ2) is 10.3. The van der Waals surface area contributed by atoms with Crippen molar-refractivity contribution in [2.24, 2.45) is 0 Å². The van der Waals surface area contributed by atoms with Gasteiger partial charge in [0.25, 0.3) is 5.91 Å². The fraction of sp³-hybridized carbons (Fsp3) is 0.364. The van der Waals surface area contributed by atoms with E-state index in [9.17, 15) is 18.0 Å². The Morgan fingerprint density at radius 1 is 1.10 bits per heavy atom. The van der Waals surface area contributed by atoms with Gasteiger partial charge in [-0.15, -0.1) is 0 Å². The van der Waals surface area contributed by atoms with E-state index < -0.39 is 22.1 Å². The highest BCUT2D eigenvalue weighted by Crippen LogP contribution is 2.23. The van der Waals surface area contributed by atoms with Crippen molar-refractivity contribution in [3.05, 3.63) is 53.6 Å². The third-order valence-corrected chi connectivity index (χ3v) is 5.84. The summed E-state index contributed by atoms with van der Waals surface area (Å²) < 4.78 is 35.2. The molecule has 0 spiro atoms. The average molecular weight is 449 g/mol. The third-order valence-electron chi connectivity index (χ3n) is 4.63. The molecule has 0 unspecified atom stereocenters. The number of benzene rings is 2. The van der Waals surface area contributed by atoms with E-state index in [1.807, 2.05) is 6.92 Å². The van der Waals surface area contributed by atoms with Crippen molar-refractivity contribution in [1.82, 2.24) is 0 Å². The second-order valence-electron chi connectivity index (χ2n) is 6.98. The van der Waals surface area contributed by atoms with Crippen LogP contribution in [0.2, 0.25) is 0 Å². The predicted octanol–water partition coefficient (Wildman–Crippen LogP) is 3.36. The maximum Gasteiger partial charge on any atom is 0.338 e. The van der Waals surface area contributed by atoms with Crippen molar-refractivity contribution in [3.63, 3.8) is 0 Å². The number of carbonyl (C=O) groups excluding carboxylic acids is 2. The first-order valence-electron chi connectivity index (χ1n) is 9.86. The largest absolute Gasteiger partial charge is 0.481 e. The van der Waals surface area contributed by atoms with E-state index in [2.05, 4.69) is 5.32 Å². The number of carbonyl (C=O) groups is 2. The number of anilines is 2. The van der Waals surface area contributed by atoms with Gasteiger partial charge in [-0.25, -0.2) is 13.2 Å². The topological polar surface area (TPSA) is 102 Å². The fourth-order valence-corrected chi connectivity index (χ4v) is 3.28. The van der Waals surface area contributed by atoms with Crippen LogP contribution in [0.25, 0.3) is 0 Å². The normalized spacial score (nSPS) is 12.0. The molecule has 0 bridgehead atoms. The fourth-order valence-electron chi connectivity index (χ4n) is 2.77. The maximum absolute atomic E-state index is 12.7. The first-order chi connectivity index (χ1) is 14.6. The van der Waals surface area contributed by atoms with Crippen molar-refractivity contribution in [2.45, 2.75) is 33.3 Å². The summed E-state index contributed by atoms with van der Waals surface area (Å²) in [6.07, 6.45) is 0.801. The molecule has 1 amide bonds. The van der Waals surface area contributed by atoms with Crippen molar-refractivity contribution in [2.75, 3.05) is 29.5 Å². The summed E-state index contributed by atoms with van der Waals surface area (Å²) in [7, 11) is -1.90. The molecule has 2 aromatic carbocycles. The lowest BCUT2D eigenvalue weighted by atomic mass is 10.1. The number of hydrogen-bond donors (Lipinski definition) is 1. The molecular weight excluding hydrogens is 420 g/mol. The maximum atomic E-state index is 12.7. The number of amides is 1. The molecule has 2 aromatic rings. The molecule has 31 heavy (non-hydrogen) atoms. The Hall–Kier alpha value is -3.07. The summed E-state index contributed by atoms with van der Waals surface area (Å²) in [6.45, 7) is 5.64. The zero-order valence-corrected chi connectivity index (χ0v) is 19.2. The van der Waals surface area contributed by atoms with Crippen LogP contribution in [-0.2, 0) is 19.6 Å². The molecule has 0 aliphatic heterocycles. The van der Waals surface area contributed by atoms with Gasteiger partial charge in [0.1, 0.15) is 5.75 Å². The van der Waals surface area contributed by atoms with E-state index >= 15 is 0 Å². The van der Waals surface area contributed by atoms with Crippen LogP contribution in [0.1, 0.15) is 36.2 Å².